The number of rotatable bonds is 5. The van der Waals surface area contributed by atoms with Crippen LogP contribution >= 0.6 is 31.9 Å². The van der Waals surface area contributed by atoms with Crippen molar-refractivity contribution in [3.05, 3.63) is 56.7 Å². The molecule has 0 radical (unpaired) electrons. The van der Waals surface area contributed by atoms with E-state index in [4.69, 9.17) is 4.74 Å². The Morgan fingerprint density at radius 1 is 1.05 bits per heavy atom. The Labute approximate surface area is 141 Å². The van der Waals surface area contributed by atoms with E-state index in [0.29, 0.717) is 18.3 Å². The van der Waals surface area contributed by atoms with Crippen LogP contribution in [-0.2, 0) is 6.54 Å². The molecule has 0 aliphatic rings. The molecule has 0 aliphatic heterocycles. The number of halogens is 3. The summed E-state index contributed by atoms with van der Waals surface area (Å²) in [5, 5.41) is 3.34. The molecule has 0 spiro atoms. The van der Waals surface area contributed by atoms with Crippen LogP contribution in [0.3, 0.4) is 0 Å². The number of benzene rings is 2. The van der Waals surface area contributed by atoms with Gasteiger partial charge in [0.25, 0.3) is 0 Å². The van der Waals surface area contributed by atoms with Gasteiger partial charge < -0.3 is 10.1 Å². The van der Waals surface area contributed by atoms with Crippen LogP contribution in [0.2, 0.25) is 0 Å². The van der Waals surface area contributed by atoms with E-state index in [1.807, 2.05) is 18.2 Å². The van der Waals surface area contributed by atoms with Gasteiger partial charge in [0.15, 0.2) is 11.6 Å². The lowest BCUT2D eigenvalue weighted by Crippen LogP contribution is -2.22. The van der Waals surface area contributed by atoms with Gasteiger partial charge in [-0.05, 0) is 36.4 Å². The van der Waals surface area contributed by atoms with E-state index < -0.39 is 0 Å². The predicted octanol–water partition coefficient (Wildman–Crippen LogP) is 5.64. The fourth-order valence-corrected chi connectivity index (χ4v) is 2.52. The topological polar surface area (TPSA) is 21.3 Å². The predicted molar refractivity (Wildman–Crippen MR) is 90.3 cm³/mol. The van der Waals surface area contributed by atoms with Crippen molar-refractivity contribution in [2.45, 2.75) is 26.4 Å². The third-order valence-corrected chi connectivity index (χ3v) is 3.82. The molecular formula is C16H16Br2FNO. The van der Waals surface area contributed by atoms with Gasteiger partial charge in [0.1, 0.15) is 5.75 Å². The van der Waals surface area contributed by atoms with Crippen molar-refractivity contribution in [1.29, 1.82) is 0 Å². The van der Waals surface area contributed by atoms with Crippen molar-refractivity contribution < 1.29 is 9.13 Å². The molecule has 0 aliphatic carbocycles. The molecule has 0 unspecified atom stereocenters. The first-order valence-corrected chi connectivity index (χ1v) is 8.19. The van der Waals surface area contributed by atoms with Gasteiger partial charge in [0.05, 0.1) is 0 Å². The quantitative estimate of drug-likeness (QED) is 0.680. The highest BCUT2D eigenvalue weighted by atomic mass is 79.9. The lowest BCUT2D eigenvalue weighted by molar-refractivity contribution is 0.433. The third-order valence-electron chi connectivity index (χ3n) is 2.84. The SMILES string of the molecule is CC(C)NCc1cc(Br)ccc1Oc1cc(Br)ccc1F. The molecule has 0 fully saturated rings. The zero-order chi connectivity index (χ0) is 15.4. The van der Waals surface area contributed by atoms with Crippen molar-refractivity contribution in [3.63, 3.8) is 0 Å². The highest BCUT2D eigenvalue weighted by Gasteiger charge is 2.10. The van der Waals surface area contributed by atoms with Gasteiger partial charge in [-0.1, -0.05) is 45.7 Å². The molecule has 2 nitrogen and oxygen atoms in total. The largest absolute Gasteiger partial charge is 0.454 e. The lowest BCUT2D eigenvalue weighted by Gasteiger charge is -2.14. The Morgan fingerprint density at radius 2 is 1.71 bits per heavy atom. The lowest BCUT2D eigenvalue weighted by atomic mass is 10.2. The molecule has 0 bridgehead atoms. The molecule has 0 saturated carbocycles. The highest BCUT2D eigenvalue weighted by Crippen LogP contribution is 2.31. The minimum Gasteiger partial charge on any atom is -0.454 e. The first-order valence-electron chi connectivity index (χ1n) is 6.60. The maximum Gasteiger partial charge on any atom is 0.165 e. The Morgan fingerprint density at radius 3 is 2.43 bits per heavy atom. The Bertz CT molecular complexity index is 632. The van der Waals surface area contributed by atoms with E-state index in [9.17, 15) is 4.39 Å². The van der Waals surface area contributed by atoms with Crippen LogP contribution in [0.25, 0.3) is 0 Å². The van der Waals surface area contributed by atoms with E-state index in [1.165, 1.54) is 6.07 Å². The van der Waals surface area contributed by atoms with E-state index in [2.05, 4.69) is 51.0 Å². The van der Waals surface area contributed by atoms with Crippen molar-refractivity contribution >= 4 is 31.9 Å². The molecule has 0 aromatic heterocycles. The Hall–Kier alpha value is -0.910. The molecule has 2 rings (SSSR count). The zero-order valence-electron chi connectivity index (χ0n) is 11.8. The van der Waals surface area contributed by atoms with Crippen molar-refractivity contribution in [2.75, 3.05) is 0 Å². The van der Waals surface area contributed by atoms with Gasteiger partial charge in [0, 0.05) is 27.1 Å². The van der Waals surface area contributed by atoms with E-state index >= 15 is 0 Å². The minimum absolute atomic E-state index is 0.206. The molecule has 2 aromatic carbocycles. The Balaban J connectivity index is 2.28. The molecule has 2 aromatic rings. The molecule has 0 saturated heterocycles. The van der Waals surface area contributed by atoms with Crippen LogP contribution in [0.15, 0.2) is 45.3 Å². The van der Waals surface area contributed by atoms with Crippen LogP contribution in [0.1, 0.15) is 19.4 Å². The number of ether oxygens (including phenoxy) is 1. The van der Waals surface area contributed by atoms with Crippen molar-refractivity contribution in [1.82, 2.24) is 5.32 Å². The minimum atomic E-state index is -0.385. The summed E-state index contributed by atoms with van der Waals surface area (Å²) in [7, 11) is 0. The number of hydrogen-bond acceptors (Lipinski definition) is 2. The fourth-order valence-electron chi connectivity index (χ4n) is 1.77. The molecule has 0 amide bonds. The summed E-state index contributed by atoms with van der Waals surface area (Å²) < 4.78 is 21.3. The molecule has 0 heterocycles. The van der Waals surface area contributed by atoms with Gasteiger partial charge in [-0.25, -0.2) is 4.39 Å². The zero-order valence-corrected chi connectivity index (χ0v) is 15.0. The standard InChI is InChI=1S/C16H16Br2FNO/c1-10(2)20-9-11-7-12(17)4-6-15(11)21-16-8-13(18)3-5-14(16)19/h3-8,10,20H,9H2,1-2H3. The summed E-state index contributed by atoms with van der Waals surface area (Å²) in [6, 6.07) is 10.7. The number of hydrogen-bond donors (Lipinski definition) is 1. The van der Waals surface area contributed by atoms with E-state index in [0.717, 1.165) is 14.5 Å². The summed E-state index contributed by atoms with van der Waals surface area (Å²) in [6.07, 6.45) is 0. The third kappa shape index (κ3) is 4.80. The first-order chi connectivity index (χ1) is 9.95. The van der Waals surface area contributed by atoms with E-state index in [-0.39, 0.29) is 11.6 Å². The van der Waals surface area contributed by atoms with E-state index in [1.54, 1.807) is 12.1 Å². The average molecular weight is 417 g/mol. The Kier molecular flexibility index (Phi) is 5.79. The van der Waals surface area contributed by atoms with Gasteiger partial charge in [-0.2, -0.15) is 0 Å². The highest BCUT2D eigenvalue weighted by molar-refractivity contribution is 9.10. The molecule has 0 atom stereocenters. The molecule has 5 heteroatoms. The van der Waals surface area contributed by atoms with Crippen LogP contribution in [0.5, 0.6) is 11.5 Å². The molecule has 112 valence electrons. The maximum atomic E-state index is 13.8. The van der Waals surface area contributed by atoms with Crippen LogP contribution < -0.4 is 10.1 Å². The smallest absolute Gasteiger partial charge is 0.165 e. The van der Waals surface area contributed by atoms with Gasteiger partial charge in [-0.3, -0.25) is 0 Å². The van der Waals surface area contributed by atoms with Crippen LogP contribution in [0.4, 0.5) is 4.39 Å². The van der Waals surface area contributed by atoms with Crippen molar-refractivity contribution in [3.8, 4) is 11.5 Å². The second-order valence-electron chi connectivity index (χ2n) is 4.96. The second-order valence-corrected chi connectivity index (χ2v) is 6.80. The fraction of sp³-hybridized carbons (Fsp3) is 0.250. The monoisotopic (exact) mass is 415 g/mol. The average Bonchev–Trinajstić information content (AvgIpc) is 2.43. The molecular weight excluding hydrogens is 401 g/mol. The first kappa shape index (κ1) is 16.5. The van der Waals surface area contributed by atoms with Crippen molar-refractivity contribution in [2.24, 2.45) is 0 Å². The van der Waals surface area contributed by atoms with Crippen LogP contribution in [0, 0.1) is 5.82 Å². The second kappa shape index (κ2) is 7.38. The van der Waals surface area contributed by atoms with Gasteiger partial charge in [0.2, 0.25) is 0 Å². The summed E-state index contributed by atoms with van der Waals surface area (Å²) in [5.41, 5.74) is 0.970. The van der Waals surface area contributed by atoms with Gasteiger partial charge >= 0.3 is 0 Å². The molecule has 1 N–H and O–H groups in total. The number of nitrogens with one attached hydrogen (secondary N) is 1. The summed E-state index contributed by atoms with van der Waals surface area (Å²) >= 11 is 6.77. The maximum absolute atomic E-state index is 13.8. The summed E-state index contributed by atoms with van der Waals surface area (Å²) in [5.74, 6) is 0.463. The summed E-state index contributed by atoms with van der Waals surface area (Å²) in [6.45, 7) is 4.81. The van der Waals surface area contributed by atoms with Crippen LogP contribution in [-0.4, -0.2) is 6.04 Å². The summed E-state index contributed by atoms with van der Waals surface area (Å²) in [4.78, 5) is 0. The molecule has 21 heavy (non-hydrogen) atoms. The normalized spacial score (nSPS) is 11.0. The van der Waals surface area contributed by atoms with Gasteiger partial charge in [-0.15, -0.1) is 0 Å².